The van der Waals surface area contributed by atoms with Crippen LogP contribution in [0, 0.1) is 13.8 Å². The van der Waals surface area contributed by atoms with Crippen molar-refractivity contribution < 1.29 is 14.1 Å². The molecule has 0 aliphatic heterocycles. The number of hydrogen-bond acceptors (Lipinski definition) is 4. The summed E-state index contributed by atoms with van der Waals surface area (Å²) in [5, 5.41) is 5.77. The van der Waals surface area contributed by atoms with Crippen LogP contribution in [0.15, 0.2) is 65.2 Å². The van der Waals surface area contributed by atoms with Crippen LogP contribution < -0.4 is 5.73 Å². The molecule has 5 aromatic rings. The predicted molar refractivity (Wildman–Crippen MR) is 141 cm³/mol. The summed E-state index contributed by atoms with van der Waals surface area (Å²) >= 11 is 0. The van der Waals surface area contributed by atoms with Crippen molar-refractivity contribution in [3.8, 4) is 11.1 Å². The summed E-state index contributed by atoms with van der Waals surface area (Å²) in [6, 6.07) is 20.1. The molecule has 0 saturated heterocycles. The number of aromatic nitrogens is 2. The lowest BCUT2D eigenvalue weighted by atomic mass is 9.96. The van der Waals surface area contributed by atoms with E-state index in [1.165, 1.54) is 0 Å². The molecule has 2 heterocycles. The molecule has 2 amide bonds. The fraction of sp³-hybridized carbons (Fsp3) is 0.207. The van der Waals surface area contributed by atoms with Gasteiger partial charge in [0.05, 0.1) is 17.6 Å². The Labute approximate surface area is 209 Å². The van der Waals surface area contributed by atoms with E-state index in [1.807, 2.05) is 56.3 Å². The van der Waals surface area contributed by atoms with E-state index in [-0.39, 0.29) is 12.3 Å². The first kappa shape index (κ1) is 23.4. The largest absolute Gasteiger partial charge is 0.366 e. The van der Waals surface area contributed by atoms with Gasteiger partial charge in [-0.25, -0.2) is 0 Å². The summed E-state index contributed by atoms with van der Waals surface area (Å²) < 4.78 is 7.61. The number of carbonyl (C=O) groups excluding carboxylic acids is 2. The summed E-state index contributed by atoms with van der Waals surface area (Å²) in [7, 11) is 3.49. The molecule has 0 fully saturated rings. The van der Waals surface area contributed by atoms with Crippen molar-refractivity contribution in [2.45, 2.75) is 26.8 Å². The molecular formula is C29H28N4O3. The molecule has 2 N–H and O–H groups in total. The minimum absolute atomic E-state index is 0.0122. The maximum Gasteiger partial charge on any atom is 0.249 e. The van der Waals surface area contributed by atoms with Crippen LogP contribution in [-0.2, 0) is 17.8 Å². The Morgan fingerprint density at radius 1 is 0.972 bits per heavy atom. The van der Waals surface area contributed by atoms with Gasteiger partial charge in [0.25, 0.3) is 0 Å². The molecule has 5 rings (SSSR count). The van der Waals surface area contributed by atoms with Gasteiger partial charge >= 0.3 is 0 Å². The minimum Gasteiger partial charge on any atom is -0.366 e. The Morgan fingerprint density at radius 3 is 2.36 bits per heavy atom. The molecule has 0 aliphatic rings. The first-order valence-electron chi connectivity index (χ1n) is 11.8. The molecule has 0 saturated carbocycles. The van der Waals surface area contributed by atoms with Crippen molar-refractivity contribution in [3.05, 3.63) is 88.8 Å². The average Bonchev–Trinajstić information content (AvgIpc) is 3.35. The van der Waals surface area contributed by atoms with Crippen molar-refractivity contribution >= 4 is 33.6 Å². The number of likely N-dealkylation sites (N-methyl/N-ethyl adjacent to an activating group) is 1. The third kappa shape index (κ3) is 4.02. The Morgan fingerprint density at radius 2 is 1.72 bits per heavy atom. The standard InChI is InChI=1S/C29H28N4O3/c1-17-27(18(2)36-31-17)21-14-23(29(30)35)28-22-12-20(13-26(34)32(3)4)10-11-24(22)33(25(28)15-21)16-19-8-6-5-7-9-19/h5-12,14-15H,13,16H2,1-4H3,(H2,30,35). The second-order valence-corrected chi connectivity index (χ2v) is 9.37. The van der Waals surface area contributed by atoms with Crippen LogP contribution in [0.3, 0.4) is 0 Å². The summed E-state index contributed by atoms with van der Waals surface area (Å²) in [5.41, 5.74) is 12.7. The number of nitrogens with zero attached hydrogens (tertiary/aromatic N) is 3. The molecule has 182 valence electrons. The van der Waals surface area contributed by atoms with Crippen LogP contribution in [0.2, 0.25) is 0 Å². The second kappa shape index (κ2) is 9.00. The van der Waals surface area contributed by atoms with Gasteiger partial charge in [-0.2, -0.15) is 0 Å². The van der Waals surface area contributed by atoms with Crippen LogP contribution in [0.4, 0.5) is 0 Å². The fourth-order valence-corrected chi connectivity index (χ4v) is 4.88. The quantitative estimate of drug-likeness (QED) is 0.376. The predicted octanol–water partition coefficient (Wildman–Crippen LogP) is 4.84. The van der Waals surface area contributed by atoms with Gasteiger partial charge in [0.1, 0.15) is 5.76 Å². The molecule has 0 bridgehead atoms. The molecule has 0 aliphatic carbocycles. The molecule has 0 atom stereocenters. The zero-order valence-electron chi connectivity index (χ0n) is 20.8. The summed E-state index contributed by atoms with van der Waals surface area (Å²) in [6.07, 6.45) is 0.275. The molecule has 7 nitrogen and oxygen atoms in total. The number of primary amides is 1. The van der Waals surface area contributed by atoms with E-state index in [0.29, 0.717) is 17.9 Å². The molecule has 0 spiro atoms. The number of amides is 2. The normalized spacial score (nSPS) is 11.3. The molecule has 2 aromatic heterocycles. The van der Waals surface area contributed by atoms with Crippen LogP contribution in [0.5, 0.6) is 0 Å². The third-order valence-corrected chi connectivity index (χ3v) is 6.65. The Bertz CT molecular complexity index is 1610. The minimum atomic E-state index is -0.512. The smallest absolute Gasteiger partial charge is 0.249 e. The molecular weight excluding hydrogens is 452 g/mol. The lowest BCUT2D eigenvalue weighted by Gasteiger charge is -2.11. The highest BCUT2D eigenvalue weighted by atomic mass is 16.5. The number of carbonyl (C=O) groups is 2. The van der Waals surface area contributed by atoms with Gasteiger partial charge in [-0.05, 0) is 54.8 Å². The van der Waals surface area contributed by atoms with E-state index in [9.17, 15) is 9.59 Å². The number of rotatable bonds is 6. The monoisotopic (exact) mass is 480 g/mol. The molecule has 3 aromatic carbocycles. The van der Waals surface area contributed by atoms with Gasteiger partial charge in [-0.3, -0.25) is 9.59 Å². The summed E-state index contributed by atoms with van der Waals surface area (Å²) in [4.78, 5) is 26.8. The summed E-state index contributed by atoms with van der Waals surface area (Å²) in [6.45, 7) is 4.35. The Balaban J connectivity index is 1.83. The molecule has 36 heavy (non-hydrogen) atoms. The van der Waals surface area contributed by atoms with Gasteiger partial charge < -0.3 is 19.7 Å². The number of nitrogens with two attached hydrogens (primary N) is 1. The van der Waals surface area contributed by atoms with Crippen LogP contribution in [0.1, 0.15) is 32.9 Å². The second-order valence-electron chi connectivity index (χ2n) is 9.37. The zero-order valence-corrected chi connectivity index (χ0v) is 20.8. The van der Waals surface area contributed by atoms with Crippen LogP contribution >= 0.6 is 0 Å². The van der Waals surface area contributed by atoms with Gasteiger partial charge in [0.15, 0.2) is 0 Å². The Kier molecular flexibility index (Phi) is 5.84. The lowest BCUT2D eigenvalue weighted by Crippen LogP contribution is -2.23. The van der Waals surface area contributed by atoms with E-state index in [4.69, 9.17) is 10.3 Å². The van der Waals surface area contributed by atoms with E-state index in [2.05, 4.69) is 27.9 Å². The topological polar surface area (TPSA) is 94.4 Å². The number of fused-ring (bicyclic) bond motifs is 3. The summed E-state index contributed by atoms with van der Waals surface area (Å²) in [5.74, 6) is 0.179. The maximum atomic E-state index is 12.8. The zero-order chi connectivity index (χ0) is 25.6. The first-order valence-corrected chi connectivity index (χ1v) is 11.8. The average molecular weight is 481 g/mol. The molecule has 0 unspecified atom stereocenters. The number of aryl methyl sites for hydroxylation is 2. The van der Waals surface area contributed by atoms with Crippen molar-refractivity contribution in [2.75, 3.05) is 14.1 Å². The first-order chi connectivity index (χ1) is 17.2. The van der Waals surface area contributed by atoms with Crippen molar-refractivity contribution in [3.63, 3.8) is 0 Å². The Hall–Kier alpha value is -4.39. The molecule has 0 radical (unpaired) electrons. The van der Waals surface area contributed by atoms with E-state index in [1.54, 1.807) is 19.0 Å². The SMILES string of the molecule is Cc1noc(C)c1-c1cc(C(N)=O)c2c3cc(CC(=O)N(C)C)ccc3n(Cc3ccccc3)c2c1. The van der Waals surface area contributed by atoms with Crippen molar-refractivity contribution in [1.82, 2.24) is 14.6 Å². The van der Waals surface area contributed by atoms with Crippen LogP contribution in [-0.4, -0.2) is 40.5 Å². The number of hydrogen-bond donors (Lipinski definition) is 1. The van der Waals surface area contributed by atoms with Crippen LogP contribution in [0.25, 0.3) is 32.9 Å². The van der Waals surface area contributed by atoms with Crippen molar-refractivity contribution in [2.24, 2.45) is 5.73 Å². The van der Waals surface area contributed by atoms with E-state index in [0.717, 1.165) is 49.8 Å². The van der Waals surface area contributed by atoms with Gasteiger partial charge in [-0.1, -0.05) is 41.6 Å². The van der Waals surface area contributed by atoms with E-state index >= 15 is 0 Å². The fourth-order valence-electron chi connectivity index (χ4n) is 4.88. The van der Waals surface area contributed by atoms with Gasteiger partial charge in [0, 0.05) is 48.1 Å². The van der Waals surface area contributed by atoms with E-state index < -0.39 is 5.91 Å². The lowest BCUT2D eigenvalue weighted by molar-refractivity contribution is -0.127. The van der Waals surface area contributed by atoms with Gasteiger partial charge in [0.2, 0.25) is 11.8 Å². The maximum absolute atomic E-state index is 12.8. The molecule has 7 heteroatoms. The highest BCUT2D eigenvalue weighted by Crippen LogP contribution is 2.38. The van der Waals surface area contributed by atoms with Crippen molar-refractivity contribution in [1.29, 1.82) is 0 Å². The highest BCUT2D eigenvalue weighted by Gasteiger charge is 2.22. The number of benzene rings is 3. The third-order valence-electron chi connectivity index (χ3n) is 6.65. The highest BCUT2D eigenvalue weighted by molar-refractivity contribution is 6.19. The van der Waals surface area contributed by atoms with Gasteiger partial charge in [-0.15, -0.1) is 0 Å².